The summed E-state index contributed by atoms with van der Waals surface area (Å²) in [4.78, 5) is 21.5. The summed E-state index contributed by atoms with van der Waals surface area (Å²) in [6.07, 6.45) is 0. The third-order valence-corrected chi connectivity index (χ3v) is 2.98. The van der Waals surface area contributed by atoms with Crippen LogP contribution in [0, 0.1) is 28.9 Å². The molecule has 0 aliphatic carbocycles. The van der Waals surface area contributed by atoms with Crippen molar-refractivity contribution in [3.05, 3.63) is 15.8 Å². The number of rotatable bonds is 6. The zero-order valence-corrected chi connectivity index (χ0v) is 11.4. The van der Waals surface area contributed by atoms with Gasteiger partial charge in [-0.25, -0.2) is 4.68 Å². The van der Waals surface area contributed by atoms with E-state index in [2.05, 4.69) is 10.4 Å². The fraction of sp³-hybridized carbons (Fsp3) is 0.636. The van der Waals surface area contributed by atoms with Gasteiger partial charge in [0.1, 0.15) is 5.69 Å². The molecule has 0 spiro atoms. The van der Waals surface area contributed by atoms with Gasteiger partial charge in [0.25, 0.3) is 0 Å². The zero-order valence-electron chi connectivity index (χ0n) is 11.4. The van der Waals surface area contributed by atoms with Gasteiger partial charge < -0.3 is 10.4 Å². The lowest BCUT2D eigenvalue weighted by Crippen LogP contribution is -2.28. The molecular weight excluding hydrogens is 252 g/mol. The van der Waals surface area contributed by atoms with E-state index in [9.17, 15) is 14.9 Å². The van der Waals surface area contributed by atoms with Crippen molar-refractivity contribution < 1.29 is 14.8 Å². The van der Waals surface area contributed by atoms with Gasteiger partial charge in [-0.1, -0.05) is 13.8 Å². The van der Waals surface area contributed by atoms with Crippen LogP contribution in [0.15, 0.2) is 0 Å². The van der Waals surface area contributed by atoms with Crippen LogP contribution in [0.25, 0.3) is 0 Å². The quantitative estimate of drug-likeness (QED) is 0.597. The highest BCUT2D eigenvalue weighted by Crippen LogP contribution is 2.27. The number of aliphatic carboxylic acids is 1. The molecule has 0 aliphatic heterocycles. The largest absolute Gasteiger partial charge is 0.481 e. The minimum atomic E-state index is -0.927. The van der Waals surface area contributed by atoms with Gasteiger partial charge >= 0.3 is 11.7 Å². The molecule has 8 nitrogen and oxygen atoms in total. The number of carboxylic acids is 1. The lowest BCUT2D eigenvalue weighted by atomic mass is 9.96. The average Bonchev–Trinajstić information content (AvgIpc) is 2.52. The van der Waals surface area contributed by atoms with E-state index in [1.54, 1.807) is 27.8 Å². The molecule has 1 rings (SSSR count). The number of carbonyl (C=O) groups is 1. The number of carboxylic acid groups (broad SMARTS) is 1. The molecular formula is C11H18N4O4. The van der Waals surface area contributed by atoms with E-state index in [0.29, 0.717) is 5.69 Å². The van der Waals surface area contributed by atoms with E-state index in [-0.39, 0.29) is 24.0 Å². The topological polar surface area (TPSA) is 110 Å². The highest BCUT2D eigenvalue weighted by molar-refractivity contribution is 5.71. The zero-order chi connectivity index (χ0) is 14.7. The Morgan fingerprint density at radius 2 is 2.16 bits per heavy atom. The van der Waals surface area contributed by atoms with Crippen molar-refractivity contribution in [2.45, 2.75) is 20.8 Å². The van der Waals surface area contributed by atoms with E-state index in [0.717, 1.165) is 0 Å². The van der Waals surface area contributed by atoms with Crippen LogP contribution in [-0.2, 0) is 11.8 Å². The van der Waals surface area contributed by atoms with E-state index in [4.69, 9.17) is 5.11 Å². The van der Waals surface area contributed by atoms with Crippen LogP contribution in [-0.4, -0.2) is 32.3 Å². The van der Waals surface area contributed by atoms with Crippen LogP contribution in [0.4, 0.5) is 11.5 Å². The maximum absolute atomic E-state index is 11.1. The molecule has 19 heavy (non-hydrogen) atoms. The Hall–Kier alpha value is -2.12. The molecule has 1 heterocycles. The fourth-order valence-electron chi connectivity index (χ4n) is 1.88. The molecule has 1 unspecified atom stereocenters. The van der Waals surface area contributed by atoms with Crippen LogP contribution >= 0.6 is 0 Å². The summed E-state index contributed by atoms with van der Waals surface area (Å²) in [7, 11) is 1.58. The highest BCUT2D eigenvalue weighted by atomic mass is 16.6. The number of nitrogens with one attached hydrogen (secondary N) is 1. The number of nitrogens with zero attached hydrogens (tertiary/aromatic N) is 3. The van der Waals surface area contributed by atoms with Gasteiger partial charge in [-0.15, -0.1) is 0 Å². The monoisotopic (exact) mass is 270 g/mol. The maximum atomic E-state index is 11.1. The van der Waals surface area contributed by atoms with Crippen LogP contribution in [0.2, 0.25) is 0 Å². The minimum Gasteiger partial charge on any atom is -0.481 e. The van der Waals surface area contributed by atoms with Crippen molar-refractivity contribution in [3.63, 3.8) is 0 Å². The van der Waals surface area contributed by atoms with Crippen molar-refractivity contribution in [1.29, 1.82) is 0 Å². The molecule has 0 saturated heterocycles. The van der Waals surface area contributed by atoms with Crippen molar-refractivity contribution >= 4 is 17.5 Å². The number of nitro groups is 1. The van der Waals surface area contributed by atoms with Gasteiger partial charge in [-0.05, 0) is 12.8 Å². The summed E-state index contributed by atoms with van der Waals surface area (Å²) >= 11 is 0. The molecule has 0 aliphatic rings. The lowest BCUT2D eigenvalue weighted by molar-refractivity contribution is -0.384. The van der Waals surface area contributed by atoms with Crippen LogP contribution in [0.1, 0.15) is 19.5 Å². The van der Waals surface area contributed by atoms with E-state index >= 15 is 0 Å². The van der Waals surface area contributed by atoms with E-state index in [1.807, 2.05) is 0 Å². The van der Waals surface area contributed by atoms with Gasteiger partial charge in [0.05, 0.1) is 10.8 Å². The fourth-order valence-corrected chi connectivity index (χ4v) is 1.88. The Bertz CT molecular complexity index is 495. The van der Waals surface area contributed by atoms with Crippen molar-refractivity contribution in [2.75, 3.05) is 11.9 Å². The Morgan fingerprint density at radius 3 is 2.58 bits per heavy atom. The first-order valence-corrected chi connectivity index (χ1v) is 5.90. The molecule has 0 radical (unpaired) electrons. The Morgan fingerprint density at radius 1 is 1.58 bits per heavy atom. The first kappa shape index (κ1) is 14.9. The predicted octanol–water partition coefficient (Wildman–Crippen LogP) is 1.41. The van der Waals surface area contributed by atoms with Gasteiger partial charge in [-0.3, -0.25) is 14.9 Å². The lowest BCUT2D eigenvalue weighted by Gasteiger charge is -2.17. The summed E-state index contributed by atoms with van der Waals surface area (Å²) < 4.78 is 1.35. The number of hydrogen-bond acceptors (Lipinski definition) is 5. The SMILES string of the molecule is Cc1nn(C)c(NCC(C(=O)O)C(C)C)c1[N+](=O)[O-]. The minimum absolute atomic E-state index is 0.0709. The van der Waals surface area contributed by atoms with E-state index in [1.165, 1.54) is 4.68 Å². The molecule has 2 N–H and O–H groups in total. The number of hydrogen-bond donors (Lipinski definition) is 2. The van der Waals surface area contributed by atoms with Gasteiger partial charge in [0.15, 0.2) is 0 Å². The van der Waals surface area contributed by atoms with Gasteiger partial charge in [0.2, 0.25) is 5.82 Å². The number of anilines is 1. The molecule has 0 aromatic carbocycles. The number of aromatic nitrogens is 2. The molecule has 0 saturated carbocycles. The van der Waals surface area contributed by atoms with Crippen molar-refractivity contribution in [3.8, 4) is 0 Å². The van der Waals surface area contributed by atoms with Crippen LogP contribution in [0.5, 0.6) is 0 Å². The summed E-state index contributed by atoms with van der Waals surface area (Å²) in [6.45, 7) is 5.25. The third-order valence-electron chi connectivity index (χ3n) is 2.98. The van der Waals surface area contributed by atoms with Crippen LogP contribution in [0.3, 0.4) is 0 Å². The highest BCUT2D eigenvalue weighted by Gasteiger charge is 2.27. The Balaban J connectivity index is 2.94. The van der Waals surface area contributed by atoms with Gasteiger partial charge in [0, 0.05) is 13.6 Å². The van der Waals surface area contributed by atoms with E-state index < -0.39 is 16.8 Å². The average molecular weight is 270 g/mol. The third kappa shape index (κ3) is 3.21. The maximum Gasteiger partial charge on any atom is 0.333 e. The first-order chi connectivity index (χ1) is 8.75. The summed E-state index contributed by atoms with van der Waals surface area (Å²) in [6, 6.07) is 0. The van der Waals surface area contributed by atoms with Gasteiger partial charge in [-0.2, -0.15) is 5.10 Å². The number of aryl methyl sites for hydroxylation is 2. The normalized spacial score (nSPS) is 12.5. The smallest absolute Gasteiger partial charge is 0.333 e. The second kappa shape index (κ2) is 5.68. The van der Waals surface area contributed by atoms with Crippen LogP contribution < -0.4 is 5.32 Å². The summed E-state index contributed by atoms with van der Waals surface area (Å²) in [5.74, 6) is -1.38. The second-order valence-electron chi connectivity index (χ2n) is 4.73. The standard InChI is InChI=1S/C11H18N4O4/c1-6(2)8(11(16)17)5-12-10-9(15(18)19)7(3)13-14(10)4/h6,8,12H,5H2,1-4H3,(H,16,17). The molecule has 1 atom stereocenters. The molecule has 8 heteroatoms. The molecule has 1 aromatic rings. The molecule has 106 valence electrons. The molecule has 0 bridgehead atoms. The predicted molar refractivity (Wildman–Crippen MR) is 69.1 cm³/mol. The second-order valence-corrected chi connectivity index (χ2v) is 4.73. The summed E-state index contributed by atoms with van der Waals surface area (Å²) in [5, 5.41) is 26.8. The Labute approximate surface area is 110 Å². The summed E-state index contributed by atoms with van der Waals surface area (Å²) in [5.41, 5.74) is 0.182. The molecule has 0 amide bonds. The van der Waals surface area contributed by atoms with Crippen molar-refractivity contribution in [1.82, 2.24) is 9.78 Å². The first-order valence-electron chi connectivity index (χ1n) is 5.90. The molecule has 1 aromatic heterocycles. The molecule has 0 fully saturated rings. The van der Waals surface area contributed by atoms with Crippen molar-refractivity contribution in [2.24, 2.45) is 18.9 Å². The Kier molecular flexibility index (Phi) is 4.47.